The maximum absolute atomic E-state index is 13.0. The molecule has 4 rings (SSSR count). The van der Waals surface area contributed by atoms with Crippen molar-refractivity contribution in [2.24, 2.45) is 11.8 Å². The largest absolute Gasteiger partial charge is 0.421 e. The minimum absolute atomic E-state index is 0.195. The average molecular weight is 440 g/mol. The van der Waals surface area contributed by atoms with E-state index in [1.165, 1.54) is 4.90 Å². The van der Waals surface area contributed by atoms with E-state index in [0.29, 0.717) is 24.1 Å². The summed E-state index contributed by atoms with van der Waals surface area (Å²) in [7, 11) is 0. The molecule has 2 atom stereocenters. The second-order valence-electron chi connectivity index (χ2n) is 7.08. The summed E-state index contributed by atoms with van der Waals surface area (Å²) in [4.78, 5) is 39.6. The first kappa shape index (κ1) is 18.6. The molecule has 0 aromatic heterocycles. The van der Waals surface area contributed by atoms with Crippen LogP contribution in [0.15, 0.2) is 64.7 Å². The van der Waals surface area contributed by atoms with Crippen LogP contribution >= 0.6 is 15.9 Å². The van der Waals surface area contributed by atoms with E-state index in [0.717, 1.165) is 10.0 Å². The molecule has 0 radical (unpaired) electrons. The molecule has 1 saturated heterocycles. The van der Waals surface area contributed by atoms with Crippen molar-refractivity contribution in [3.05, 3.63) is 70.2 Å². The Labute approximate surface area is 171 Å². The maximum atomic E-state index is 13.0. The zero-order valence-electron chi connectivity index (χ0n) is 15.2. The van der Waals surface area contributed by atoms with E-state index in [4.69, 9.17) is 4.74 Å². The molecular formula is C22H18BrNO4. The molecule has 5 nitrogen and oxygen atoms in total. The molecule has 2 aromatic carbocycles. The van der Waals surface area contributed by atoms with Crippen molar-refractivity contribution in [1.29, 1.82) is 0 Å². The first-order valence-corrected chi connectivity index (χ1v) is 9.85. The molecule has 0 bridgehead atoms. The molecule has 0 N–H and O–H groups in total. The lowest BCUT2D eigenvalue weighted by atomic mass is 9.82. The summed E-state index contributed by atoms with van der Waals surface area (Å²) in [5, 5.41) is 0. The number of ether oxygens (including phenoxy) is 1. The Morgan fingerprint density at radius 3 is 2.46 bits per heavy atom. The Morgan fingerprint density at radius 2 is 1.71 bits per heavy atom. The van der Waals surface area contributed by atoms with Gasteiger partial charge in [0.25, 0.3) is 0 Å². The average Bonchev–Trinajstić information content (AvgIpc) is 2.93. The number of rotatable bonds is 3. The fraction of sp³-hybridized carbons (Fsp3) is 0.227. The summed E-state index contributed by atoms with van der Waals surface area (Å²) in [6, 6.07) is 13.4. The Hall–Kier alpha value is -2.73. The molecule has 142 valence electrons. The number of allylic oxidation sites excluding steroid dienone is 2. The smallest absolute Gasteiger partial charge is 0.343 e. The zero-order chi connectivity index (χ0) is 19.8. The first-order chi connectivity index (χ1) is 13.5. The van der Waals surface area contributed by atoms with Gasteiger partial charge in [-0.1, -0.05) is 39.7 Å². The molecule has 1 aliphatic heterocycles. The van der Waals surface area contributed by atoms with Gasteiger partial charge >= 0.3 is 5.97 Å². The van der Waals surface area contributed by atoms with E-state index in [1.54, 1.807) is 48.5 Å². The van der Waals surface area contributed by atoms with E-state index in [-0.39, 0.29) is 29.4 Å². The fourth-order valence-electron chi connectivity index (χ4n) is 3.75. The Kier molecular flexibility index (Phi) is 4.89. The number of imide groups is 1. The van der Waals surface area contributed by atoms with Crippen molar-refractivity contribution in [3.8, 4) is 5.75 Å². The maximum Gasteiger partial charge on any atom is 0.343 e. The van der Waals surface area contributed by atoms with Gasteiger partial charge < -0.3 is 4.74 Å². The van der Waals surface area contributed by atoms with E-state index >= 15 is 0 Å². The molecule has 6 heteroatoms. The van der Waals surface area contributed by atoms with E-state index in [9.17, 15) is 14.4 Å². The topological polar surface area (TPSA) is 63.7 Å². The second kappa shape index (κ2) is 7.36. The highest BCUT2D eigenvalue weighted by atomic mass is 79.9. The van der Waals surface area contributed by atoms with Gasteiger partial charge in [-0.15, -0.1) is 0 Å². The normalized spacial score (nSPS) is 21.4. The Balaban J connectivity index is 1.63. The number of amides is 2. The van der Waals surface area contributed by atoms with Gasteiger partial charge in [0.2, 0.25) is 11.8 Å². The Bertz CT molecular complexity index is 996. The van der Waals surface area contributed by atoms with E-state index < -0.39 is 5.97 Å². The number of hydrogen-bond acceptors (Lipinski definition) is 4. The van der Waals surface area contributed by atoms with Crippen LogP contribution in [0.5, 0.6) is 5.75 Å². The molecular weight excluding hydrogens is 422 g/mol. The minimum Gasteiger partial charge on any atom is -0.421 e. The molecule has 0 unspecified atom stereocenters. The van der Waals surface area contributed by atoms with Crippen molar-refractivity contribution in [2.75, 3.05) is 4.90 Å². The number of halogens is 1. The molecule has 1 fully saturated rings. The van der Waals surface area contributed by atoms with Crippen LogP contribution in [-0.4, -0.2) is 17.8 Å². The third kappa shape index (κ3) is 3.29. The number of carbonyl (C=O) groups is 3. The molecule has 28 heavy (non-hydrogen) atoms. The van der Waals surface area contributed by atoms with Crippen molar-refractivity contribution in [1.82, 2.24) is 0 Å². The predicted molar refractivity (Wildman–Crippen MR) is 108 cm³/mol. The van der Waals surface area contributed by atoms with Gasteiger partial charge in [0.1, 0.15) is 0 Å². The molecule has 2 aliphatic rings. The first-order valence-electron chi connectivity index (χ1n) is 9.06. The number of hydrogen-bond donors (Lipinski definition) is 0. The van der Waals surface area contributed by atoms with Crippen LogP contribution < -0.4 is 9.64 Å². The number of esters is 1. The highest BCUT2D eigenvalue weighted by Crippen LogP contribution is 2.42. The second-order valence-corrected chi connectivity index (χ2v) is 7.99. The van der Waals surface area contributed by atoms with Crippen LogP contribution in [0.2, 0.25) is 0 Å². The Morgan fingerprint density at radius 1 is 1.04 bits per heavy atom. The predicted octanol–water partition coefficient (Wildman–Crippen LogP) is 4.51. The molecule has 0 spiro atoms. The molecule has 2 aromatic rings. The van der Waals surface area contributed by atoms with Crippen molar-refractivity contribution in [2.45, 2.75) is 19.8 Å². The minimum atomic E-state index is -0.547. The standard InChI is InChI=1S/C22H18BrNO4/c1-13-6-11-16-17(12-13)21(26)24(20(16)25)18-4-2-3-5-19(18)28-22(27)14-7-9-15(23)10-8-14/h2-10,16-17H,11-12H2,1H3/t16-,17+/m0/s1. The highest BCUT2D eigenvalue weighted by Gasteiger charge is 2.49. The van der Waals surface area contributed by atoms with Crippen LogP contribution in [0.3, 0.4) is 0 Å². The molecule has 1 heterocycles. The summed E-state index contributed by atoms with van der Waals surface area (Å²) in [5.41, 5.74) is 1.82. The van der Waals surface area contributed by atoms with Gasteiger partial charge in [-0.05, 0) is 56.2 Å². The van der Waals surface area contributed by atoms with Crippen LogP contribution in [0.25, 0.3) is 0 Å². The third-order valence-corrected chi connectivity index (χ3v) is 5.74. The van der Waals surface area contributed by atoms with Crippen molar-refractivity contribution in [3.63, 3.8) is 0 Å². The number of carbonyl (C=O) groups excluding carboxylic acids is 3. The fourth-order valence-corrected chi connectivity index (χ4v) is 4.01. The zero-order valence-corrected chi connectivity index (χ0v) is 16.8. The highest BCUT2D eigenvalue weighted by molar-refractivity contribution is 9.10. The number of anilines is 1. The van der Waals surface area contributed by atoms with Gasteiger partial charge in [-0.3, -0.25) is 9.59 Å². The third-order valence-electron chi connectivity index (χ3n) is 5.21. The number of para-hydroxylation sites is 2. The van der Waals surface area contributed by atoms with Crippen molar-refractivity contribution >= 4 is 39.4 Å². The van der Waals surface area contributed by atoms with Crippen molar-refractivity contribution < 1.29 is 19.1 Å². The number of fused-ring (bicyclic) bond motifs is 1. The van der Waals surface area contributed by atoms with Gasteiger partial charge in [0.05, 0.1) is 23.1 Å². The van der Waals surface area contributed by atoms with Crippen LogP contribution in [0.1, 0.15) is 30.1 Å². The number of benzene rings is 2. The summed E-state index contributed by atoms with van der Waals surface area (Å²) in [6.07, 6.45) is 3.18. The lowest BCUT2D eigenvalue weighted by Crippen LogP contribution is -2.31. The van der Waals surface area contributed by atoms with Gasteiger partial charge in [0.15, 0.2) is 5.75 Å². The lowest BCUT2D eigenvalue weighted by molar-refractivity contribution is -0.122. The molecule has 1 aliphatic carbocycles. The number of nitrogens with zero attached hydrogens (tertiary/aromatic N) is 1. The summed E-state index contributed by atoms with van der Waals surface area (Å²) in [5.74, 6) is -1.49. The van der Waals surface area contributed by atoms with Gasteiger partial charge in [-0.2, -0.15) is 0 Å². The molecule has 0 saturated carbocycles. The summed E-state index contributed by atoms with van der Waals surface area (Å²) < 4.78 is 6.39. The van der Waals surface area contributed by atoms with Crippen LogP contribution in [0, 0.1) is 11.8 Å². The van der Waals surface area contributed by atoms with E-state index in [2.05, 4.69) is 15.9 Å². The van der Waals surface area contributed by atoms with Gasteiger partial charge in [0, 0.05) is 4.47 Å². The van der Waals surface area contributed by atoms with Crippen LogP contribution in [-0.2, 0) is 9.59 Å². The quantitative estimate of drug-likeness (QED) is 0.305. The summed E-state index contributed by atoms with van der Waals surface area (Å²) in [6.45, 7) is 1.98. The SMILES string of the molecule is CC1=CC[C@@H]2C(=O)N(c3ccccc3OC(=O)c3ccc(Br)cc3)C(=O)[C@@H]2C1. The van der Waals surface area contributed by atoms with Crippen LogP contribution in [0.4, 0.5) is 5.69 Å². The van der Waals surface area contributed by atoms with Gasteiger partial charge in [-0.25, -0.2) is 9.69 Å². The monoisotopic (exact) mass is 439 g/mol. The summed E-state index contributed by atoms with van der Waals surface area (Å²) >= 11 is 3.33. The molecule has 2 amide bonds. The van der Waals surface area contributed by atoms with E-state index in [1.807, 2.05) is 13.0 Å². The lowest BCUT2D eigenvalue weighted by Gasteiger charge is -2.19.